The summed E-state index contributed by atoms with van der Waals surface area (Å²) in [5.41, 5.74) is 5.05. The molecule has 0 bridgehead atoms. The maximum Gasteiger partial charge on any atom is 0.323 e. The van der Waals surface area contributed by atoms with Gasteiger partial charge in [-0.1, -0.05) is 11.3 Å². The van der Waals surface area contributed by atoms with E-state index in [0.717, 1.165) is 17.8 Å². The molecule has 1 atom stereocenters. The maximum atomic E-state index is 12.1. The Morgan fingerprint density at radius 1 is 1.50 bits per heavy atom. The molecule has 1 saturated heterocycles. The van der Waals surface area contributed by atoms with Crippen molar-refractivity contribution >= 4 is 28.5 Å². The maximum absolute atomic E-state index is 12.1. The number of aryl methyl sites for hydroxylation is 1. The average molecular weight is 298 g/mol. The van der Waals surface area contributed by atoms with Crippen molar-refractivity contribution in [3.05, 3.63) is 5.01 Å². The molecule has 2 rings (SSSR count). The first-order valence-electron chi connectivity index (χ1n) is 6.44. The molecule has 0 unspecified atom stereocenters. The Morgan fingerprint density at radius 3 is 2.95 bits per heavy atom. The topological polar surface area (TPSA) is 113 Å². The first-order valence-corrected chi connectivity index (χ1v) is 7.25. The average Bonchev–Trinajstić information content (AvgIpc) is 2.82. The summed E-state index contributed by atoms with van der Waals surface area (Å²) in [5.74, 6) is 0.234. The molecule has 1 fully saturated rings. The van der Waals surface area contributed by atoms with Crippen molar-refractivity contribution < 1.29 is 9.59 Å². The Balaban J connectivity index is 1.84. The van der Waals surface area contributed by atoms with Crippen LogP contribution < -0.4 is 16.4 Å². The summed E-state index contributed by atoms with van der Waals surface area (Å²) < 4.78 is 0. The molecule has 8 nitrogen and oxygen atoms in total. The molecule has 9 heteroatoms. The third-order valence-electron chi connectivity index (χ3n) is 3.11. The highest BCUT2D eigenvalue weighted by Crippen LogP contribution is 2.18. The Hall–Kier alpha value is -1.90. The first-order chi connectivity index (χ1) is 9.54. The van der Waals surface area contributed by atoms with Crippen molar-refractivity contribution in [1.29, 1.82) is 0 Å². The molecule has 0 aliphatic carbocycles. The number of anilines is 1. The predicted molar refractivity (Wildman–Crippen MR) is 75.5 cm³/mol. The third-order valence-corrected chi connectivity index (χ3v) is 3.87. The van der Waals surface area contributed by atoms with Gasteiger partial charge in [-0.05, 0) is 25.7 Å². The van der Waals surface area contributed by atoms with Crippen LogP contribution in [0.15, 0.2) is 0 Å². The second kappa shape index (κ2) is 6.51. The number of likely N-dealkylation sites (tertiary alicyclic amines) is 1. The standard InChI is InChI=1S/C11H18N6O2S/c1-7-15-16-10(20-7)14-11(19)17-4-2-3-8(6-17)5-13-9(12)18/h8H,2-6H2,1H3,(H3,12,13,18)(H,14,16,19)/t8-/m1/s1. The quantitative estimate of drug-likeness (QED) is 0.764. The summed E-state index contributed by atoms with van der Waals surface area (Å²) in [4.78, 5) is 24.5. The van der Waals surface area contributed by atoms with Crippen molar-refractivity contribution in [1.82, 2.24) is 20.4 Å². The van der Waals surface area contributed by atoms with E-state index >= 15 is 0 Å². The van der Waals surface area contributed by atoms with E-state index in [2.05, 4.69) is 20.8 Å². The molecular formula is C11H18N6O2S. The van der Waals surface area contributed by atoms with Crippen molar-refractivity contribution in [2.45, 2.75) is 19.8 Å². The molecule has 0 saturated carbocycles. The van der Waals surface area contributed by atoms with Crippen LogP contribution in [0.5, 0.6) is 0 Å². The fourth-order valence-corrected chi connectivity index (χ4v) is 2.76. The van der Waals surface area contributed by atoms with Gasteiger partial charge in [0, 0.05) is 19.6 Å². The fraction of sp³-hybridized carbons (Fsp3) is 0.636. The molecule has 0 radical (unpaired) electrons. The normalized spacial score (nSPS) is 18.6. The molecule has 20 heavy (non-hydrogen) atoms. The van der Waals surface area contributed by atoms with Gasteiger partial charge in [0.15, 0.2) is 0 Å². The predicted octanol–water partition coefficient (Wildman–Crippen LogP) is 0.759. The van der Waals surface area contributed by atoms with E-state index in [-0.39, 0.29) is 11.9 Å². The number of hydrogen-bond donors (Lipinski definition) is 3. The van der Waals surface area contributed by atoms with E-state index in [9.17, 15) is 9.59 Å². The molecule has 110 valence electrons. The van der Waals surface area contributed by atoms with Crippen LogP contribution in [0.3, 0.4) is 0 Å². The number of urea groups is 2. The van der Waals surface area contributed by atoms with Gasteiger partial charge >= 0.3 is 12.1 Å². The van der Waals surface area contributed by atoms with Gasteiger partial charge in [0.05, 0.1) is 0 Å². The van der Waals surface area contributed by atoms with E-state index in [0.29, 0.717) is 24.8 Å². The minimum Gasteiger partial charge on any atom is -0.352 e. The number of amides is 4. The van der Waals surface area contributed by atoms with Gasteiger partial charge < -0.3 is 16.0 Å². The number of primary amides is 1. The van der Waals surface area contributed by atoms with Gasteiger partial charge in [0.2, 0.25) is 5.13 Å². The highest BCUT2D eigenvalue weighted by Gasteiger charge is 2.24. The lowest BCUT2D eigenvalue weighted by atomic mass is 9.98. The number of rotatable bonds is 3. The molecule has 1 aliphatic rings. The van der Waals surface area contributed by atoms with Gasteiger partial charge in [-0.25, -0.2) is 9.59 Å². The summed E-state index contributed by atoms with van der Waals surface area (Å²) in [6.07, 6.45) is 1.88. The number of aromatic nitrogens is 2. The first kappa shape index (κ1) is 14.5. The molecule has 2 heterocycles. The molecule has 0 spiro atoms. The summed E-state index contributed by atoms with van der Waals surface area (Å²) in [6, 6.07) is -0.708. The Labute approximate surface area is 120 Å². The van der Waals surface area contributed by atoms with Gasteiger partial charge in [-0.3, -0.25) is 5.32 Å². The third kappa shape index (κ3) is 4.05. The Kier molecular flexibility index (Phi) is 4.72. The van der Waals surface area contributed by atoms with Gasteiger partial charge in [-0.15, -0.1) is 10.2 Å². The fourth-order valence-electron chi connectivity index (χ4n) is 2.18. The lowest BCUT2D eigenvalue weighted by Gasteiger charge is -2.32. The molecule has 0 aromatic carbocycles. The summed E-state index contributed by atoms with van der Waals surface area (Å²) >= 11 is 1.34. The van der Waals surface area contributed by atoms with Gasteiger partial charge in [0.1, 0.15) is 5.01 Å². The minimum atomic E-state index is -0.532. The van der Waals surface area contributed by atoms with Crippen LogP contribution >= 0.6 is 11.3 Å². The molecule has 4 N–H and O–H groups in total. The smallest absolute Gasteiger partial charge is 0.323 e. The zero-order chi connectivity index (χ0) is 14.5. The number of nitrogens with two attached hydrogens (primary N) is 1. The number of nitrogens with one attached hydrogen (secondary N) is 2. The lowest BCUT2D eigenvalue weighted by molar-refractivity contribution is 0.176. The number of nitrogens with zero attached hydrogens (tertiary/aromatic N) is 3. The zero-order valence-electron chi connectivity index (χ0n) is 11.3. The molecule has 1 aromatic heterocycles. The highest BCUT2D eigenvalue weighted by molar-refractivity contribution is 7.15. The van der Waals surface area contributed by atoms with E-state index in [1.165, 1.54) is 11.3 Å². The van der Waals surface area contributed by atoms with Crippen molar-refractivity contribution in [2.24, 2.45) is 11.7 Å². The number of carbonyl (C=O) groups excluding carboxylic acids is 2. The molecule has 1 aromatic rings. The summed E-state index contributed by atoms with van der Waals surface area (Å²) in [6.45, 7) is 3.64. The SMILES string of the molecule is Cc1nnc(NC(=O)N2CCC[C@H](CNC(N)=O)C2)s1. The lowest BCUT2D eigenvalue weighted by Crippen LogP contribution is -2.46. The monoisotopic (exact) mass is 298 g/mol. The van der Waals surface area contributed by atoms with Crippen LogP contribution in [0.2, 0.25) is 0 Å². The second-order valence-electron chi connectivity index (χ2n) is 4.76. The Bertz CT molecular complexity index is 491. The Morgan fingerprint density at radius 2 is 2.30 bits per heavy atom. The van der Waals surface area contributed by atoms with Gasteiger partial charge in [-0.2, -0.15) is 0 Å². The number of carbonyl (C=O) groups is 2. The van der Waals surface area contributed by atoms with Crippen molar-refractivity contribution in [2.75, 3.05) is 25.0 Å². The van der Waals surface area contributed by atoms with Crippen LogP contribution in [0, 0.1) is 12.8 Å². The summed E-state index contributed by atoms with van der Waals surface area (Å²) in [7, 11) is 0. The number of piperidine rings is 1. The van der Waals surface area contributed by atoms with E-state index in [1.54, 1.807) is 4.90 Å². The van der Waals surface area contributed by atoms with Crippen molar-refractivity contribution in [3.8, 4) is 0 Å². The number of hydrogen-bond acceptors (Lipinski definition) is 5. The molecule has 4 amide bonds. The van der Waals surface area contributed by atoms with E-state index in [1.807, 2.05) is 6.92 Å². The second-order valence-corrected chi connectivity index (χ2v) is 5.94. The van der Waals surface area contributed by atoms with E-state index in [4.69, 9.17) is 5.73 Å². The summed E-state index contributed by atoms with van der Waals surface area (Å²) in [5, 5.41) is 14.4. The highest BCUT2D eigenvalue weighted by atomic mass is 32.1. The minimum absolute atomic E-state index is 0.176. The van der Waals surface area contributed by atoms with Crippen molar-refractivity contribution in [3.63, 3.8) is 0 Å². The van der Waals surface area contributed by atoms with Crippen LogP contribution in [-0.2, 0) is 0 Å². The zero-order valence-corrected chi connectivity index (χ0v) is 12.1. The van der Waals surface area contributed by atoms with E-state index < -0.39 is 6.03 Å². The molecule has 1 aliphatic heterocycles. The van der Waals surface area contributed by atoms with Crippen LogP contribution in [0.4, 0.5) is 14.7 Å². The van der Waals surface area contributed by atoms with Crippen LogP contribution in [0.25, 0.3) is 0 Å². The molecular weight excluding hydrogens is 280 g/mol. The van der Waals surface area contributed by atoms with Crippen LogP contribution in [0.1, 0.15) is 17.8 Å². The van der Waals surface area contributed by atoms with Gasteiger partial charge in [0.25, 0.3) is 0 Å². The largest absolute Gasteiger partial charge is 0.352 e. The van der Waals surface area contributed by atoms with Crippen LogP contribution in [-0.4, -0.2) is 46.8 Å².